The molecule has 1 unspecified atom stereocenters. The molecule has 4 rings (SSSR count). The molecule has 2 atom stereocenters. The smallest absolute Gasteiger partial charge is 0.253 e. The number of aryl methyl sites for hydroxylation is 1. The van der Waals surface area contributed by atoms with Crippen LogP contribution >= 0.6 is 0 Å². The molecule has 8 nitrogen and oxygen atoms in total. The first-order valence-corrected chi connectivity index (χ1v) is 11.7. The van der Waals surface area contributed by atoms with Crippen molar-refractivity contribution in [3.05, 3.63) is 65.9 Å². The zero-order chi connectivity index (χ0) is 24.1. The van der Waals surface area contributed by atoms with Gasteiger partial charge in [-0.05, 0) is 74.9 Å². The van der Waals surface area contributed by atoms with Crippen molar-refractivity contribution >= 4 is 11.6 Å². The van der Waals surface area contributed by atoms with Gasteiger partial charge in [-0.15, -0.1) is 0 Å². The maximum absolute atomic E-state index is 13.1. The van der Waals surface area contributed by atoms with Gasteiger partial charge in [0.2, 0.25) is 0 Å². The number of hydrazine groups is 1. The Bertz CT molecular complexity index is 1000. The van der Waals surface area contributed by atoms with Gasteiger partial charge in [-0.3, -0.25) is 4.79 Å². The summed E-state index contributed by atoms with van der Waals surface area (Å²) in [6.45, 7) is 5.26. The van der Waals surface area contributed by atoms with Crippen molar-refractivity contribution in [1.82, 2.24) is 21.1 Å². The molecule has 0 aromatic heterocycles. The molecule has 2 heterocycles. The minimum Gasteiger partial charge on any atom is -0.497 e. The van der Waals surface area contributed by atoms with E-state index in [1.807, 2.05) is 54.7 Å². The highest BCUT2D eigenvalue weighted by Crippen LogP contribution is 2.26. The number of hydrogen-bond acceptors (Lipinski definition) is 7. The number of nitrogens with zero attached hydrogens (tertiary/aromatic N) is 2. The van der Waals surface area contributed by atoms with Gasteiger partial charge in [0, 0.05) is 49.2 Å². The third-order valence-corrected chi connectivity index (χ3v) is 6.76. The molecule has 0 saturated carbocycles. The van der Waals surface area contributed by atoms with Gasteiger partial charge < -0.3 is 30.0 Å². The van der Waals surface area contributed by atoms with Gasteiger partial charge in [0.1, 0.15) is 17.2 Å². The van der Waals surface area contributed by atoms with Crippen molar-refractivity contribution in [2.24, 2.45) is 0 Å². The van der Waals surface area contributed by atoms with E-state index >= 15 is 0 Å². The maximum atomic E-state index is 13.1. The summed E-state index contributed by atoms with van der Waals surface area (Å²) in [6, 6.07) is 14.2. The molecule has 2 aromatic rings. The summed E-state index contributed by atoms with van der Waals surface area (Å²) >= 11 is 0. The number of carbonyl (C=O) groups excluding carboxylic acids is 1. The predicted molar refractivity (Wildman–Crippen MR) is 134 cm³/mol. The molecule has 2 aliphatic rings. The predicted octanol–water partition coefficient (Wildman–Crippen LogP) is 2.52. The third kappa shape index (κ3) is 5.46. The fraction of sp³-hybridized carbons (Fsp3) is 0.423. The Morgan fingerprint density at radius 3 is 2.41 bits per heavy atom. The second-order valence-corrected chi connectivity index (χ2v) is 9.07. The van der Waals surface area contributed by atoms with Crippen LogP contribution < -0.4 is 30.5 Å². The lowest BCUT2D eigenvalue weighted by Crippen LogP contribution is -2.57. The van der Waals surface area contributed by atoms with Crippen molar-refractivity contribution in [2.75, 3.05) is 45.8 Å². The molecule has 2 aliphatic heterocycles. The summed E-state index contributed by atoms with van der Waals surface area (Å²) in [7, 11) is 5.44. The van der Waals surface area contributed by atoms with Crippen molar-refractivity contribution in [3.8, 4) is 11.5 Å². The Kier molecular flexibility index (Phi) is 7.29. The van der Waals surface area contributed by atoms with E-state index in [2.05, 4.69) is 39.9 Å². The van der Waals surface area contributed by atoms with E-state index in [0.717, 1.165) is 42.4 Å². The zero-order valence-electron chi connectivity index (χ0n) is 20.4. The van der Waals surface area contributed by atoms with Crippen LogP contribution in [0.3, 0.4) is 0 Å². The zero-order valence-corrected chi connectivity index (χ0v) is 20.4. The Morgan fingerprint density at radius 2 is 1.82 bits per heavy atom. The van der Waals surface area contributed by atoms with Crippen LogP contribution in [0, 0.1) is 0 Å². The van der Waals surface area contributed by atoms with E-state index in [1.165, 1.54) is 0 Å². The average molecular weight is 466 g/mol. The Balaban J connectivity index is 1.41. The standard InChI is InChI=1S/C26H35N5O3/c1-19-18-31(14-13-30(19)2)22-7-5-21(6-8-22)25(32)28-26(11-12-27-29-26)10-9-20-15-23(33-3)17-24(16-20)34-4/h5-8,11-12,15-17,19,27,29H,9-10,13-14,18H2,1-4H3,(H,28,32)/t19?,26-/m1/s1. The number of carbonyl (C=O) groups is 1. The maximum Gasteiger partial charge on any atom is 0.253 e. The van der Waals surface area contributed by atoms with Crippen molar-refractivity contribution in [2.45, 2.75) is 31.5 Å². The van der Waals surface area contributed by atoms with E-state index in [4.69, 9.17) is 9.47 Å². The van der Waals surface area contributed by atoms with E-state index in [0.29, 0.717) is 24.4 Å². The molecule has 1 amide bonds. The molecular weight excluding hydrogens is 430 g/mol. The van der Waals surface area contributed by atoms with Gasteiger partial charge in [0.25, 0.3) is 5.91 Å². The van der Waals surface area contributed by atoms with Crippen molar-refractivity contribution in [3.63, 3.8) is 0 Å². The highest BCUT2D eigenvalue weighted by Gasteiger charge is 2.32. The molecule has 8 heteroatoms. The average Bonchev–Trinajstić information content (AvgIpc) is 3.32. The fourth-order valence-electron chi connectivity index (χ4n) is 4.41. The summed E-state index contributed by atoms with van der Waals surface area (Å²) < 4.78 is 10.8. The lowest BCUT2D eigenvalue weighted by atomic mass is 9.99. The first kappa shape index (κ1) is 23.9. The van der Waals surface area contributed by atoms with E-state index in [1.54, 1.807) is 14.2 Å². The van der Waals surface area contributed by atoms with Crippen LogP contribution in [-0.2, 0) is 6.42 Å². The van der Waals surface area contributed by atoms with Gasteiger partial charge in [0.05, 0.1) is 14.2 Å². The lowest BCUT2D eigenvalue weighted by Gasteiger charge is -2.39. The largest absolute Gasteiger partial charge is 0.497 e. The summed E-state index contributed by atoms with van der Waals surface area (Å²) in [6.07, 6.45) is 5.12. The van der Waals surface area contributed by atoms with Crippen LogP contribution in [0.15, 0.2) is 54.7 Å². The van der Waals surface area contributed by atoms with Crippen LogP contribution in [0.2, 0.25) is 0 Å². The lowest BCUT2D eigenvalue weighted by molar-refractivity contribution is 0.0898. The summed E-state index contributed by atoms with van der Waals surface area (Å²) in [5, 5.41) is 3.17. The Labute approximate surface area is 201 Å². The highest BCUT2D eigenvalue weighted by molar-refractivity contribution is 5.95. The number of benzene rings is 2. The molecule has 1 saturated heterocycles. The number of methoxy groups -OCH3 is 2. The number of nitrogens with one attached hydrogen (secondary N) is 3. The number of amides is 1. The molecule has 2 aromatic carbocycles. The quantitative estimate of drug-likeness (QED) is 0.553. The van der Waals surface area contributed by atoms with Crippen LogP contribution in [0.4, 0.5) is 5.69 Å². The third-order valence-electron chi connectivity index (χ3n) is 6.76. The molecule has 0 radical (unpaired) electrons. The number of piperazine rings is 1. The molecule has 0 bridgehead atoms. The molecule has 182 valence electrons. The molecule has 0 aliphatic carbocycles. The topological polar surface area (TPSA) is 78.1 Å². The van der Waals surface area contributed by atoms with Crippen LogP contribution in [0.25, 0.3) is 0 Å². The van der Waals surface area contributed by atoms with Crippen LogP contribution in [-0.4, -0.2) is 63.4 Å². The van der Waals surface area contributed by atoms with Crippen molar-refractivity contribution in [1.29, 1.82) is 0 Å². The van der Waals surface area contributed by atoms with Crippen LogP contribution in [0.1, 0.15) is 29.3 Å². The summed E-state index contributed by atoms with van der Waals surface area (Å²) in [4.78, 5) is 17.9. The van der Waals surface area contributed by atoms with E-state index < -0.39 is 5.66 Å². The Hall–Kier alpha value is -3.23. The fourth-order valence-corrected chi connectivity index (χ4v) is 4.41. The second kappa shape index (κ2) is 10.4. The highest BCUT2D eigenvalue weighted by atomic mass is 16.5. The molecule has 1 fully saturated rings. The number of ether oxygens (including phenoxy) is 2. The van der Waals surface area contributed by atoms with Gasteiger partial charge in [0.15, 0.2) is 0 Å². The summed E-state index contributed by atoms with van der Waals surface area (Å²) in [5.41, 5.74) is 8.37. The van der Waals surface area contributed by atoms with Gasteiger partial charge in [-0.25, -0.2) is 5.43 Å². The first-order valence-electron chi connectivity index (χ1n) is 11.7. The number of hydrogen-bond donors (Lipinski definition) is 3. The van der Waals surface area contributed by atoms with Gasteiger partial charge in [-0.2, -0.15) is 0 Å². The minimum absolute atomic E-state index is 0.123. The van der Waals surface area contributed by atoms with Crippen LogP contribution in [0.5, 0.6) is 11.5 Å². The molecule has 0 spiro atoms. The van der Waals surface area contributed by atoms with E-state index in [9.17, 15) is 4.79 Å². The normalized spacial score (nSPS) is 22.4. The number of anilines is 1. The van der Waals surface area contributed by atoms with Crippen molar-refractivity contribution < 1.29 is 14.3 Å². The summed E-state index contributed by atoms with van der Waals surface area (Å²) in [5.74, 6) is 1.37. The monoisotopic (exact) mass is 465 g/mol. The molecular formula is C26H35N5O3. The molecule has 34 heavy (non-hydrogen) atoms. The van der Waals surface area contributed by atoms with Gasteiger partial charge >= 0.3 is 0 Å². The SMILES string of the molecule is COc1cc(CC[C@]2(NC(=O)c3ccc(N4CCN(C)C(C)C4)cc3)C=CNN2)cc(OC)c1. The Morgan fingerprint density at radius 1 is 1.12 bits per heavy atom. The minimum atomic E-state index is -0.695. The number of rotatable bonds is 8. The molecule has 3 N–H and O–H groups in total. The van der Waals surface area contributed by atoms with Gasteiger partial charge in [-0.1, -0.05) is 0 Å². The number of likely N-dealkylation sites (N-methyl/N-ethyl adjacent to an activating group) is 1. The van der Waals surface area contributed by atoms with E-state index in [-0.39, 0.29) is 5.91 Å². The first-order chi connectivity index (χ1) is 16.4. The second-order valence-electron chi connectivity index (χ2n) is 9.07.